The average Bonchev–Trinajstić information content (AvgIpc) is 2.41. The molecule has 0 bridgehead atoms. The number of anilines is 2. The summed E-state index contributed by atoms with van der Waals surface area (Å²) in [5.74, 6) is -0.402. The van der Waals surface area contributed by atoms with Crippen molar-refractivity contribution >= 4 is 23.4 Å². The number of carbonyl (C=O) groups excluding carboxylic acids is 2. The van der Waals surface area contributed by atoms with E-state index in [1.165, 1.54) is 6.07 Å². The Kier molecular flexibility index (Phi) is 4.11. The molecular formula is C17H22FN3O3. The Balaban J connectivity index is 1.59. The molecule has 1 aromatic rings. The summed E-state index contributed by atoms with van der Waals surface area (Å²) in [7, 11) is 0. The molecule has 2 aliphatic heterocycles. The third kappa shape index (κ3) is 3.60. The molecule has 6 nitrogen and oxygen atoms in total. The number of amides is 2. The third-order valence-electron chi connectivity index (χ3n) is 3.98. The van der Waals surface area contributed by atoms with Crippen molar-refractivity contribution in [2.75, 3.05) is 23.7 Å². The van der Waals surface area contributed by atoms with Crippen molar-refractivity contribution in [1.82, 2.24) is 4.90 Å². The number of aryl methyl sites for hydroxylation is 1. The van der Waals surface area contributed by atoms with Crippen LogP contribution in [-0.2, 0) is 16.0 Å². The van der Waals surface area contributed by atoms with Gasteiger partial charge in [-0.3, -0.25) is 4.79 Å². The van der Waals surface area contributed by atoms with Gasteiger partial charge in [0.15, 0.2) is 0 Å². The van der Waals surface area contributed by atoms with Gasteiger partial charge < -0.3 is 20.3 Å². The number of rotatable bonds is 2. The Labute approximate surface area is 140 Å². The number of likely N-dealkylation sites (tertiary alicyclic amines) is 1. The molecule has 0 unspecified atom stereocenters. The minimum absolute atomic E-state index is 0.0376. The van der Waals surface area contributed by atoms with Gasteiger partial charge in [-0.25, -0.2) is 9.18 Å². The lowest BCUT2D eigenvalue weighted by Gasteiger charge is -2.40. The molecule has 2 heterocycles. The van der Waals surface area contributed by atoms with Crippen molar-refractivity contribution < 1.29 is 18.7 Å². The van der Waals surface area contributed by atoms with Gasteiger partial charge in [-0.2, -0.15) is 0 Å². The number of benzene rings is 1. The quantitative estimate of drug-likeness (QED) is 0.872. The van der Waals surface area contributed by atoms with Crippen LogP contribution in [0.1, 0.15) is 32.8 Å². The zero-order chi connectivity index (χ0) is 17.5. The van der Waals surface area contributed by atoms with E-state index in [1.54, 1.807) is 11.0 Å². The molecule has 1 fully saturated rings. The van der Waals surface area contributed by atoms with Gasteiger partial charge in [0, 0.05) is 25.2 Å². The highest BCUT2D eigenvalue weighted by molar-refractivity contribution is 5.94. The maximum Gasteiger partial charge on any atom is 0.410 e. The van der Waals surface area contributed by atoms with Crippen molar-refractivity contribution in [3.8, 4) is 0 Å². The first-order chi connectivity index (χ1) is 11.2. The van der Waals surface area contributed by atoms with Crippen molar-refractivity contribution in [1.29, 1.82) is 0 Å². The minimum atomic E-state index is -0.529. The van der Waals surface area contributed by atoms with Gasteiger partial charge in [-0.1, -0.05) is 0 Å². The summed E-state index contributed by atoms with van der Waals surface area (Å²) in [5.41, 5.74) is 1.27. The number of nitrogens with zero attached hydrogens (tertiary/aromatic N) is 1. The number of hydrogen-bond donors (Lipinski definition) is 2. The molecule has 24 heavy (non-hydrogen) atoms. The van der Waals surface area contributed by atoms with E-state index >= 15 is 0 Å². The van der Waals surface area contributed by atoms with E-state index in [9.17, 15) is 14.0 Å². The molecule has 2 N–H and O–H groups in total. The van der Waals surface area contributed by atoms with Crippen LogP contribution in [0.25, 0.3) is 0 Å². The summed E-state index contributed by atoms with van der Waals surface area (Å²) < 4.78 is 19.5. The smallest absolute Gasteiger partial charge is 0.410 e. The summed E-state index contributed by atoms with van der Waals surface area (Å²) in [6.07, 6.45) is 0.569. The molecule has 1 aromatic carbocycles. The van der Waals surface area contributed by atoms with E-state index in [-0.39, 0.29) is 23.9 Å². The predicted molar refractivity (Wildman–Crippen MR) is 88.6 cm³/mol. The van der Waals surface area contributed by atoms with Gasteiger partial charge in [-0.15, -0.1) is 0 Å². The van der Waals surface area contributed by atoms with Crippen LogP contribution in [0.2, 0.25) is 0 Å². The first kappa shape index (κ1) is 16.5. The molecule has 0 spiro atoms. The second kappa shape index (κ2) is 5.96. The molecule has 3 rings (SSSR count). The maximum atomic E-state index is 14.2. The second-order valence-corrected chi connectivity index (χ2v) is 7.26. The zero-order valence-corrected chi connectivity index (χ0v) is 14.1. The van der Waals surface area contributed by atoms with Crippen molar-refractivity contribution in [3.63, 3.8) is 0 Å². The van der Waals surface area contributed by atoms with Crippen LogP contribution >= 0.6 is 0 Å². The highest BCUT2D eigenvalue weighted by atomic mass is 19.1. The van der Waals surface area contributed by atoms with E-state index in [0.717, 1.165) is 5.56 Å². The summed E-state index contributed by atoms with van der Waals surface area (Å²) in [6.45, 7) is 6.36. The molecular weight excluding hydrogens is 313 g/mol. The second-order valence-electron chi connectivity index (χ2n) is 7.26. The van der Waals surface area contributed by atoms with Crippen LogP contribution in [0.15, 0.2) is 12.1 Å². The van der Waals surface area contributed by atoms with E-state index in [0.29, 0.717) is 37.3 Å². The molecule has 1 saturated heterocycles. The lowest BCUT2D eigenvalue weighted by molar-refractivity contribution is -0.116. The number of ether oxygens (including phenoxy) is 1. The zero-order valence-electron chi connectivity index (χ0n) is 14.1. The standard InChI is InChI=1S/C17H22FN3O3/c1-17(2,3)24-16(23)21-8-11(9-21)19-14-7-13-10(6-12(14)18)4-5-15(22)20-13/h6-7,11,19H,4-5,8-9H2,1-3H3,(H,20,22). The topological polar surface area (TPSA) is 70.7 Å². The van der Waals surface area contributed by atoms with Gasteiger partial charge in [0.25, 0.3) is 0 Å². The SMILES string of the molecule is CC(C)(C)OC(=O)N1CC(Nc2cc3c(cc2F)CCC(=O)N3)C1. The first-order valence-corrected chi connectivity index (χ1v) is 8.08. The normalized spacial score (nSPS) is 17.7. The van der Waals surface area contributed by atoms with E-state index < -0.39 is 5.60 Å². The fourth-order valence-electron chi connectivity index (χ4n) is 2.77. The Morgan fingerprint density at radius 3 is 2.71 bits per heavy atom. The summed E-state index contributed by atoms with van der Waals surface area (Å²) >= 11 is 0. The fraction of sp³-hybridized carbons (Fsp3) is 0.529. The van der Waals surface area contributed by atoms with Crippen molar-refractivity contribution in [2.45, 2.75) is 45.3 Å². The Morgan fingerprint density at radius 2 is 2.04 bits per heavy atom. The predicted octanol–water partition coefficient (Wildman–Crippen LogP) is 2.74. The largest absolute Gasteiger partial charge is 0.444 e. The number of hydrogen-bond acceptors (Lipinski definition) is 4. The lowest BCUT2D eigenvalue weighted by atomic mass is 10.0. The Hall–Kier alpha value is -2.31. The highest BCUT2D eigenvalue weighted by Gasteiger charge is 2.34. The van der Waals surface area contributed by atoms with Gasteiger partial charge in [-0.05, 0) is 44.9 Å². The Bertz CT molecular complexity index is 678. The summed E-state index contributed by atoms with van der Waals surface area (Å²) in [4.78, 5) is 24.9. The van der Waals surface area contributed by atoms with Gasteiger partial charge in [0.2, 0.25) is 5.91 Å². The van der Waals surface area contributed by atoms with Crippen LogP contribution in [0.4, 0.5) is 20.6 Å². The molecule has 0 aliphatic carbocycles. The first-order valence-electron chi connectivity index (χ1n) is 8.08. The molecule has 7 heteroatoms. The molecule has 0 aromatic heterocycles. The van der Waals surface area contributed by atoms with Crippen molar-refractivity contribution in [3.05, 3.63) is 23.5 Å². The maximum absolute atomic E-state index is 14.2. The van der Waals surface area contributed by atoms with Crippen molar-refractivity contribution in [2.24, 2.45) is 0 Å². The Morgan fingerprint density at radius 1 is 1.33 bits per heavy atom. The highest BCUT2D eigenvalue weighted by Crippen LogP contribution is 2.30. The molecule has 0 radical (unpaired) electrons. The van der Waals surface area contributed by atoms with Crippen LogP contribution in [0, 0.1) is 5.82 Å². The van der Waals surface area contributed by atoms with Crippen LogP contribution in [-0.4, -0.2) is 41.6 Å². The van der Waals surface area contributed by atoms with Crippen LogP contribution in [0.5, 0.6) is 0 Å². The summed E-state index contributed by atoms with van der Waals surface area (Å²) in [5, 5.41) is 5.84. The number of halogens is 1. The number of fused-ring (bicyclic) bond motifs is 1. The van der Waals surface area contributed by atoms with E-state index in [2.05, 4.69) is 10.6 Å². The average molecular weight is 335 g/mol. The van der Waals surface area contributed by atoms with Gasteiger partial charge in [0.1, 0.15) is 11.4 Å². The fourth-order valence-corrected chi connectivity index (χ4v) is 2.77. The molecule has 2 aliphatic rings. The number of nitrogens with one attached hydrogen (secondary N) is 2. The van der Waals surface area contributed by atoms with Crippen LogP contribution in [0.3, 0.4) is 0 Å². The van der Waals surface area contributed by atoms with Gasteiger partial charge >= 0.3 is 6.09 Å². The number of carbonyl (C=O) groups is 2. The molecule has 0 atom stereocenters. The molecule has 130 valence electrons. The minimum Gasteiger partial charge on any atom is -0.444 e. The van der Waals surface area contributed by atoms with E-state index in [4.69, 9.17) is 4.74 Å². The third-order valence-corrected chi connectivity index (χ3v) is 3.98. The lowest BCUT2D eigenvalue weighted by Crippen LogP contribution is -2.58. The van der Waals surface area contributed by atoms with Crippen LogP contribution < -0.4 is 10.6 Å². The van der Waals surface area contributed by atoms with E-state index in [1.807, 2.05) is 20.8 Å². The monoisotopic (exact) mass is 335 g/mol. The molecule has 0 saturated carbocycles. The summed E-state index contributed by atoms with van der Waals surface area (Å²) in [6, 6.07) is 3.04. The van der Waals surface area contributed by atoms with Gasteiger partial charge in [0.05, 0.1) is 11.7 Å². The molecule has 2 amide bonds.